The third-order valence-electron chi connectivity index (χ3n) is 16.9. The normalized spacial score (nSPS) is 28.2. The number of nitrogens with one attached hydrogen (secondary N) is 4. The topological polar surface area (TPSA) is 157 Å². The number of ketones is 1. The second kappa shape index (κ2) is 19.2. The number of hydrogen-bond acceptors (Lipinski definition) is 8. The summed E-state index contributed by atoms with van der Waals surface area (Å²) in [6.45, 7) is 3.84. The maximum Gasteiger partial charge on any atom is 0.255 e. The Balaban J connectivity index is 0.705. The van der Waals surface area contributed by atoms with Crippen LogP contribution in [0, 0.1) is 23.6 Å². The Morgan fingerprint density at radius 3 is 2.38 bits per heavy atom. The highest BCUT2D eigenvalue weighted by Gasteiger charge is 2.72. The minimum atomic E-state index is -1.26. The first-order chi connectivity index (χ1) is 32.9. The van der Waals surface area contributed by atoms with E-state index in [1.54, 1.807) is 29.2 Å². The van der Waals surface area contributed by atoms with Gasteiger partial charge in [0.2, 0.25) is 23.6 Å². The summed E-state index contributed by atoms with van der Waals surface area (Å²) in [5.74, 6) is -2.04. The maximum atomic E-state index is 16.3. The lowest BCUT2D eigenvalue weighted by molar-refractivity contribution is -0.137. The van der Waals surface area contributed by atoms with Gasteiger partial charge in [-0.2, -0.15) is 0 Å². The number of carbonyl (C=O) groups is 6. The summed E-state index contributed by atoms with van der Waals surface area (Å²) in [6.07, 6.45) is 11.7. The van der Waals surface area contributed by atoms with Crippen LogP contribution < -0.4 is 21.3 Å². The van der Waals surface area contributed by atoms with Crippen molar-refractivity contribution in [2.45, 2.75) is 138 Å². The molecule has 7 aliphatic rings. The zero-order chi connectivity index (χ0) is 47.3. The van der Waals surface area contributed by atoms with E-state index < -0.39 is 40.7 Å². The largest absolute Gasteiger partial charge is 0.356 e. The number of hydrogen-bond donors (Lipinski definition) is 4. The van der Waals surface area contributed by atoms with Crippen molar-refractivity contribution in [2.24, 2.45) is 17.8 Å². The highest BCUT2D eigenvalue weighted by Crippen LogP contribution is 2.63. The maximum absolute atomic E-state index is 16.3. The standard InChI is InChI=1S/C53H61Cl2FN6O6/c54-35-15-16-39-41(29-35)58-51(68)53(39)45(37-9-5-10-40(55)46(37)56)47(60-52(53)21-2-1-3-22-52)43(63)28-31-11-13-33(14-12-31)48(65)57-23-6-24-61-25-19-32(20-26-61)27-34-7-4-8-36-38(34)30-62(50(36)67)42-17-18-44(64)59-49(42)66/h4-5,7-10,15-16,29,31-33,42,45,47,60H,1-3,6,11-14,17-28,30H2,(H,57,65)(H,58,68)(H,59,64,66)/t31?,33?,42?,45-,47-,53+/m0/s1. The van der Waals surface area contributed by atoms with Crippen LogP contribution >= 0.6 is 23.2 Å². The van der Waals surface area contributed by atoms with E-state index in [9.17, 15) is 28.8 Å². The number of amides is 5. The molecule has 2 spiro atoms. The quantitative estimate of drug-likeness (QED) is 0.106. The fraction of sp³-hybridized carbons (Fsp3) is 0.547. The number of carbonyl (C=O) groups excluding carboxylic acids is 6. The molecule has 3 aromatic carbocycles. The number of anilines is 1. The van der Waals surface area contributed by atoms with Crippen molar-refractivity contribution in [3.8, 4) is 0 Å². The van der Waals surface area contributed by atoms with Gasteiger partial charge in [-0.1, -0.05) is 72.8 Å². The van der Waals surface area contributed by atoms with Gasteiger partial charge in [-0.3, -0.25) is 39.4 Å². The number of piperidine rings is 2. The SMILES string of the molecule is O=C1CCC(N2Cc3c(CC4CCN(CCCNC(=O)C5CCC(CC(=O)[C@@H]6NC7(CCCCC7)[C@@]7(C(=O)Nc8cc(Cl)ccc87)[C@H]6c6cccc(Cl)c6F)CC5)CC4)cccc3C2=O)C(=O)N1. The molecule has 2 saturated carbocycles. The van der Waals surface area contributed by atoms with Gasteiger partial charge in [0.1, 0.15) is 17.3 Å². The highest BCUT2D eigenvalue weighted by atomic mass is 35.5. The molecule has 3 aromatic rings. The van der Waals surface area contributed by atoms with E-state index in [4.69, 9.17) is 23.2 Å². The van der Waals surface area contributed by atoms with Gasteiger partial charge in [-0.25, -0.2) is 4.39 Å². The van der Waals surface area contributed by atoms with Crippen LogP contribution in [-0.4, -0.2) is 88.9 Å². The Kier molecular flexibility index (Phi) is 13.3. The van der Waals surface area contributed by atoms with Crippen LogP contribution in [0.2, 0.25) is 10.0 Å². The van der Waals surface area contributed by atoms with Crippen LogP contribution in [-0.2, 0) is 42.4 Å². The minimum Gasteiger partial charge on any atom is -0.356 e. The third-order valence-corrected chi connectivity index (χ3v) is 17.4. The van der Waals surface area contributed by atoms with E-state index >= 15 is 4.39 Å². The number of Topliss-reactive ketones (excluding diaryl/α,β-unsaturated/α-hetero) is 1. The summed E-state index contributed by atoms with van der Waals surface area (Å²) >= 11 is 12.9. The summed E-state index contributed by atoms with van der Waals surface area (Å²) in [7, 11) is 0. The first-order valence-electron chi connectivity index (χ1n) is 25.0. The second-order valence-corrected chi connectivity index (χ2v) is 21.5. The molecule has 0 aromatic heterocycles. The molecule has 4 N–H and O–H groups in total. The van der Waals surface area contributed by atoms with Crippen LogP contribution in [0.1, 0.15) is 135 Å². The van der Waals surface area contributed by atoms with Gasteiger partial charge in [0.25, 0.3) is 5.91 Å². The smallest absolute Gasteiger partial charge is 0.255 e. The molecule has 360 valence electrons. The molecule has 1 unspecified atom stereocenters. The molecule has 68 heavy (non-hydrogen) atoms. The van der Waals surface area contributed by atoms with Crippen LogP contribution in [0.25, 0.3) is 0 Å². The highest BCUT2D eigenvalue weighted by molar-refractivity contribution is 6.31. The monoisotopic (exact) mass is 966 g/mol. The summed E-state index contributed by atoms with van der Waals surface area (Å²) in [6, 6.07) is 14.7. The van der Waals surface area contributed by atoms with Crippen molar-refractivity contribution in [2.75, 3.05) is 31.5 Å². The predicted octanol–water partition coefficient (Wildman–Crippen LogP) is 7.77. The molecule has 3 saturated heterocycles. The number of benzene rings is 3. The van der Waals surface area contributed by atoms with Crippen LogP contribution in [0.5, 0.6) is 0 Å². The van der Waals surface area contributed by atoms with E-state index in [1.165, 1.54) is 6.07 Å². The van der Waals surface area contributed by atoms with Gasteiger partial charge in [0.05, 0.1) is 11.1 Å². The van der Waals surface area contributed by atoms with Crippen molar-refractivity contribution >= 4 is 64.2 Å². The van der Waals surface area contributed by atoms with Gasteiger partial charge < -0.3 is 20.4 Å². The number of likely N-dealkylation sites (tertiary alicyclic amines) is 1. The number of nitrogens with zero attached hydrogens (tertiary/aromatic N) is 2. The number of fused-ring (bicyclic) bond motifs is 4. The van der Waals surface area contributed by atoms with Gasteiger partial charge in [-0.05, 0) is 149 Å². The molecule has 4 atom stereocenters. The average Bonchev–Trinajstić information content (AvgIpc) is 3.93. The summed E-state index contributed by atoms with van der Waals surface area (Å²) in [4.78, 5) is 84.6. The van der Waals surface area contributed by atoms with E-state index in [0.29, 0.717) is 67.4 Å². The molecular weight excluding hydrogens is 907 g/mol. The Bertz CT molecular complexity index is 2520. The Hall–Kier alpha value is -4.69. The molecule has 10 rings (SSSR count). The predicted molar refractivity (Wildman–Crippen MR) is 257 cm³/mol. The molecule has 5 fully saturated rings. The molecule has 15 heteroatoms. The van der Waals surface area contributed by atoms with Crippen molar-refractivity contribution in [1.82, 2.24) is 25.8 Å². The van der Waals surface area contributed by atoms with E-state index in [0.717, 1.165) is 94.1 Å². The summed E-state index contributed by atoms with van der Waals surface area (Å²) in [5, 5.41) is 12.9. The zero-order valence-corrected chi connectivity index (χ0v) is 40.0. The molecule has 5 amide bonds. The van der Waals surface area contributed by atoms with Gasteiger partial charge in [-0.15, -0.1) is 0 Å². The molecule has 12 nitrogen and oxygen atoms in total. The van der Waals surface area contributed by atoms with E-state index in [-0.39, 0.29) is 64.7 Å². The molecule has 0 radical (unpaired) electrons. The summed E-state index contributed by atoms with van der Waals surface area (Å²) in [5.41, 5.74) is 2.39. The fourth-order valence-electron chi connectivity index (χ4n) is 13.5. The Labute approximate surface area is 407 Å². The second-order valence-electron chi connectivity index (χ2n) is 20.7. The first kappa shape index (κ1) is 47.0. The van der Waals surface area contributed by atoms with Gasteiger partial charge >= 0.3 is 0 Å². The minimum absolute atomic E-state index is 0.0400. The number of rotatable bonds is 12. The number of imide groups is 1. The van der Waals surface area contributed by atoms with E-state index in [2.05, 4.69) is 32.2 Å². The molecular formula is C53H61Cl2FN6O6. The van der Waals surface area contributed by atoms with Crippen LogP contribution in [0.3, 0.4) is 0 Å². The molecule has 5 heterocycles. The third kappa shape index (κ3) is 8.46. The average molecular weight is 968 g/mol. The lowest BCUT2D eigenvalue weighted by atomic mass is 9.55. The molecule has 5 aliphatic heterocycles. The van der Waals surface area contributed by atoms with Crippen molar-refractivity contribution < 1.29 is 33.2 Å². The van der Waals surface area contributed by atoms with Crippen molar-refractivity contribution in [3.63, 3.8) is 0 Å². The Morgan fingerprint density at radius 2 is 1.62 bits per heavy atom. The molecule has 0 bridgehead atoms. The summed E-state index contributed by atoms with van der Waals surface area (Å²) < 4.78 is 16.3. The van der Waals surface area contributed by atoms with Crippen molar-refractivity contribution in [3.05, 3.63) is 98.3 Å². The first-order valence-corrected chi connectivity index (χ1v) is 25.7. The van der Waals surface area contributed by atoms with Crippen molar-refractivity contribution in [1.29, 1.82) is 0 Å². The Morgan fingerprint density at radius 1 is 0.853 bits per heavy atom. The lowest BCUT2D eigenvalue weighted by Gasteiger charge is -2.47. The lowest BCUT2D eigenvalue weighted by Crippen LogP contribution is -2.60. The van der Waals surface area contributed by atoms with Gasteiger partial charge in [0, 0.05) is 59.6 Å². The fourth-order valence-corrected chi connectivity index (χ4v) is 13.9. The van der Waals surface area contributed by atoms with E-state index in [1.807, 2.05) is 18.2 Å². The zero-order valence-electron chi connectivity index (χ0n) is 38.5. The van der Waals surface area contributed by atoms with Gasteiger partial charge in [0.15, 0.2) is 5.78 Å². The van der Waals surface area contributed by atoms with Crippen LogP contribution in [0.4, 0.5) is 10.1 Å². The van der Waals surface area contributed by atoms with Crippen LogP contribution in [0.15, 0.2) is 54.6 Å². The number of halogens is 3. The molecule has 2 aliphatic carbocycles.